The number of nitrogens with zero attached hydrogens (tertiary/aromatic N) is 2. The van der Waals surface area contributed by atoms with Gasteiger partial charge in [-0.05, 0) is 55.7 Å². The maximum absolute atomic E-state index is 13.5. The maximum Gasteiger partial charge on any atom is 0.294 e. The Bertz CT molecular complexity index is 1270. The number of unbranched alkanes of at least 4 members (excludes halogenated alkanes) is 3. The zero-order chi connectivity index (χ0) is 27.8. The number of sulfonamides is 1. The lowest BCUT2D eigenvalue weighted by Crippen LogP contribution is -2.42. The number of hydrogen-bond donors (Lipinski definition) is 1. The van der Waals surface area contributed by atoms with E-state index >= 15 is 0 Å². The Kier molecular flexibility index (Phi) is 10.7. The number of amidine groups is 1. The lowest BCUT2D eigenvalue weighted by atomic mass is 9.94. The summed E-state index contributed by atoms with van der Waals surface area (Å²) in [5, 5.41) is 2.22. The van der Waals surface area contributed by atoms with Gasteiger partial charge in [0.15, 0.2) is 5.17 Å². The second-order valence-electron chi connectivity index (χ2n) is 9.70. The van der Waals surface area contributed by atoms with E-state index in [1.807, 2.05) is 12.1 Å². The third kappa shape index (κ3) is 8.22. The number of thioether (sulfide) groups is 1. The van der Waals surface area contributed by atoms with E-state index < -0.39 is 15.3 Å². The first kappa shape index (κ1) is 29.9. The summed E-state index contributed by atoms with van der Waals surface area (Å²) in [7, 11) is -4.04. The molecule has 12 heteroatoms. The molecule has 212 valence electrons. The molecule has 8 nitrogen and oxygen atoms in total. The number of rotatable bonds is 12. The summed E-state index contributed by atoms with van der Waals surface area (Å²) in [6.45, 7) is 2.82. The van der Waals surface area contributed by atoms with Gasteiger partial charge in [0.05, 0.1) is 10.9 Å². The molecule has 0 radical (unpaired) electrons. The first-order valence-electron chi connectivity index (χ1n) is 13.4. The third-order valence-electron chi connectivity index (χ3n) is 6.68. The Morgan fingerprint density at radius 3 is 2.51 bits per heavy atom. The SMILES string of the molecule is CCCCCCOc1ccc(NC(=O)CC2SC(=NS(=O)(=O)c3ccc(Cl)s3)N(C3CCCCC3)C2=O)cc1. The molecule has 1 aromatic heterocycles. The van der Waals surface area contributed by atoms with Crippen molar-refractivity contribution in [3.05, 3.63) is 40.7 Å². The zero-order valence-corrected chi connectivity index (χ0v) is 25.1. The number of thiophene rings is 1. The summed E-state index contributed by atoms with van der Waals surface area (Å²) in [6.07, 6.45) is 8.99. The van der Waals surface area contributed by atoms with Crippen molar-refractivity contribution in [2.24, 2.45) is 4.40 Å². The number of benzene rings is 1. The second kappa shape index (κ2) is 14.0. The highest BCUT2D eigenvalue weighted by Crippen LogP contribution is 2.37. The molecule has 0 spiro atoms. The van der Waals surface area contributed by atoms with Crippen molar-refractivity contribution < 1.29 is 22.7 Å². The normalized spacial score (nSPS) is 19.5. The van der Waals surface area contributed by atoms with Crippen molar-refractivity contribution in [3.8, 4) is 5.75 Å². The summed E-state index contributed by atoms with van der Waals surface area (Å²) in [5.41, 5.74) is 0.601. The van der Waals surface area contributed by atoms with E-state index in [1.54, 1.807) is 12.1 Å². The predicted octanol–water partition coefficient (Wildman–Crippen LogP) is 6.71. The van der Waals surface area contributed by atoms with Crippen LogP contribution < -0.4 is 10.1 Å². The average Bonchev–Trinajstić information content (AvgIpc) is 3.48. The van der Waals surface area contributed by atoms with Crippen molar-refractivity contribution in [2.75, 3.05) is 11.9 Å². The molecule has 1 unspecified atom stereocenters. The van der Waals surface area contributed by atoms with Gasteiger partial charge in [0, 0.05) is 18.2 Å². The van der Waals surface area contributed by atoms with Gasteiger partial charge in [-0.25, -0.2) is 0 Å². The van der Waals surface area contributed by atoms with Crippen LogP contribution in [0.1, 0.15) is 71.1 Å². The van der Waals surface area contributed by atoms with Crippen LogP contribution in [0.2, 0.25) is 4.34 Å². The Labute approximate surface area is 243 Å². The first-order valence-corrected chi connectivity index (χ1v) is 16.9. The minimum Gasteiger partial charge on any atom is -0.494 e. The van der Waals surface area contributed by atoms with E-state index in [2.05, 4.69) is 16.6 Å². The number of amides is 2. The largest absolute Gasteiger partial charge is 0.494 e. The number of carbonyl (C=O) groups is 2. The quantitative estimate of drug-likeness (QED) is 0.267. The Hall–Kier alpha value is -2.08. The highest BCUT2D eigenvalue weighted by atomic mass is 35.5. The Morgan fingerprint density at radius 1 is 1.10 bits per heavy atom. The molecule has 4 rings (SSSR count). The average molecular weight is 612 g/mol. The number of hydrogen-bond acceptors (Lipinski definition) is 7. The number of nitrogens with one attached hydrogen (secondary N) is 1. The highest BCUT2D eigenvalue weighted by molar-refractivity contribution is 8.16. The molecule has 39 heavy (non-hydrogen) atoms. The third-order valence-corrected chi connectivity index (χ3v) is 10.9. The van der Waals surface area contributed by atoms with Crippen LogP contribution in [0.3, 0.4) is 0 Å². The monoisotopic (exact) mass is 611 g/mol. The van der Waals surface area contributed by atoms with E-state index in [4.69, 9.17) is 16.3 Å². The first-order chi connectivity index (χ1) is 18.8. The van der Waals surface area contributed by atoms with Gasteiger partial charge in [-0.2, -0.15) is 8.42 Å². The fourth-order valence-electron chi connectivity index (χ4n) is 4.67. The van der Waals surface area contributed by atoms with Gasteiger partial charge in [0.1, 0.15) is 15.2 Å². The van der Waals surface area contributed by atoms with Crippen molar-refractivity contribution in [1.82, 2.24) is 4.90 Å². The van der Waals surface area contributed by atoms with Crippen LogP contribution in [0.25, 0.3) is 0 Å². The zero-order valence-electron chi connectivity index (χ0n) is 21.9. The summed E-state index contributed by atoms with van der Waals surface area (Å²) < 4.78 is 36.1. The van der Waals surface area contributed by atoms with E-state index in [1.165, 1.54) is 29.9 Å². The van der Waals surface area contributed by atoms with Gasteiger partial charge >= 0.3 is 0 Å². The Morgan fingerprint density at radius 2 is 1.85 bits per heavy atom. The summed E-state index contributed by atoms with van der Waals surface area (Å²) in [4.78, 5) is 27.8. The molecule has 2 amide bonds. The predicted molar refractivity (Wildman–Crippen MR) is 158 cm³/mol. The molecule has 1 aromatic carbocycles. The van der Waals surface area contributed by atoms with Crippen LogP contribution in [0.15, 0.2) is 45.0 Å². The van der Waals surface area contributed by atoms with Crippen molar-refractivity contribution in [2.45, 2.75) is 86.6 Å². The Balaban J connectivity index is 1.41. The smallest absolute Gasteiger partial charge is 0.294 e. The van der Waals surface area contributed by atoms with Gasteiger partial charge in [-0.1, -0.05) is 68.8 Å². The van der Waals surface area contributed by atoms with E-state index in [-0.39, 0.29) is 33.7 Å². The highest BCUT2D eigenvalue weighted by Gasteiger charge is 2.44. The number of halogens is 1. The topological polar surface area (TPSA) is 105 Å². The fraction of sp³-hybridized carbons (Fsp3) is 0.519. The maximum atomic E-state index is 13.5. The van der Waals surface area contributed by atoms with Crippen LogP contribution >= 0.6 is 34.7 Å². The van der Waals surface area contributed by atoms with E-state index in [0.717, 1.165) is 73.8 Å². The molecule has 1 N–H and O–H groups in total. The van der Waals surface area contributed by atoms with Crippen LogP contribution in [0.5, 0.6) is 5.75 Å². The molecule has 1 aliphatic heterocycles. The van der Waals surface area contributed by atoms with Gasteiger partial charge in [0.2, 0.25) is 11.8 Å². The standard InChI is InChI=1S/C27H34ClN3O5S3/c1-2-3-4-8-17-36-21-13-11-19(12-14-21)29-24(32)18-22-26(33)31(20-9-6-5-7-10-20)27(37-22)30-39(34,35)25-16-15-23(28)38-25/h11-16,20,22H,2-10,17-18H2,1H3,(H,29,32). The van der Waals surface area contributed by atoms with Crippen molar-refractivity contribution >= 4 is 67.4 Å². The number of ether oxygens (including phenoxy) is 1. The summed E-state index contributed by atoms with van der Waals surface area (Å²) in [5.74, 6) is 0.141. The van der Waals surface area contributed by atoms with Gasteiger partial charge in [-0.3, -0.25) is 14.5 Å². The van der Waals surface area contributed by atoms with Crippen LogP contribution in [0.4, 0.5) is 5.69 Å². The summed E-state index contributed by atoms with van der Waals surface area (Å²) in [6, 6.07) is 9.94. The van der Waals surface area contributed by atoms with Gasteiger partial charge in [0.25, 0.3) is 10.0 Å². The molecule has 1 atom stereocenters. The van der Waals surface area contributed by atoms with Crippen LogP contribution in [-0.4, -0.2) is 48.2 Å². The molecular weight excluding hydrogens is 578 g/mol. The minimum atomic E-state index is -4.04. The van der Waals surface area contributed by atoms with Crippen LogP contribution in [-0.2, 0) is 19.6 Å². The van der Waals surface area contributed by atoms with Crippen molar-refractivity contribution in [3.63, 3.8) is 0 Å². The fourth-order valence-corrected chi connectivity index (χ4v) is 8.53. The number of anilines is 1. The molecule has 2 aromatic rings. The molecule has 2 heterocycles. The molecule has 2 aliphatic rings. The van der Waals surface area contributed by atoms with E-state index in [0.29, 0.717) is 16.6 Å². The summed E-state index contributed by atoms with van der Waals surface area (Å²) >= 11 is 7.90. The van der Waals surface area contributed by atoms with Crippen LogP contribution in [0, 0.1) is 0 Å². The van der Waals surface area contributed by atoms with Gasteiger partial charge in [-0.15, -0.1) is 15.7 Å². The van der Waals surface area contributed by atoms with Crippen molar-refractivity contribution in [1.29, 1.82) is 0 Å². The lowest BCUT2D eigenvalue weighted by molar-refractivity contribution is -0.130. The second-order valence-corrected chi connectivity index (χ2v) is 14.4. The minimum absolute atomic E-state index is 0.0197. The molecule has 1 saturated heterocycles. The number of carbonyl (C=O) groups excluding carboxylic acids is 2. The molecular formula is C27H34ClN3O5S3. The molecule has 1 aliphatic carbocycles. The van der Waals surface area contributed by atoms with E-state index in [9.17, 15) is 18.0 Å². The van der Waals surface area contributed by atoms with Gasteiger partial charge < -0.3 is 10.1 Å². The molecule has 2 fully saturated rings. The molecule has 0 bridgehead atoms. The molecule has 1 saturated carbocycles. The lowest BCUT2D eigenvalue weighted by Gasteiger charge is -2.30.